The second-order valence-corrected chi connectivity index (χ2v) is 17.4. The highest BCUT2D eigenvalue weighted by molar-refractivity contribution is 7.61. The van der Waals surface area contributed by atoms with E-state index in [1.807, 2.05) is 0 Å². The van der Waals surface area contributed by atoms with Crippen LogP contribution in [0.25, 0.3) is 0 Å². The van der Waals surface area contributed by atoms with Gasteiger partial charge < -0.3 is 62.8 Å². The van der Waals surface area contributed by atoms with Gasteiger partial charge in [-0.3, -0.25) is 18.3 Å². The van der Waals surface area contributed by atoms with Gasteiger partial charge >= 0.3 is 30.4 Å². The van der Waals surface area contributed by atoms with Crippen molar-refractivity contribution in [2.24, 2.45) is 0 Å². The SMILES string of the molecule is O=P(O)(O)c1ccccc1OCCCCCOc1ccccc1P(=O)(O)O.O=P(O)(O)c1ccccc1OCCOCCOc1ccccc1P(=O)(O)O. The van der Waals surface area contributed by atoms with Crippen molar-refractivity contribution in [1.82, 2.24) is 0 Å². The van der Waals surface area contributed by atoms with Gasteiger partial charge in [-0.1, -0.05) is 48.5 Å². The molecule has 0 aliphatic heterocycles. The molecule has 0 bridgehead atoms. The van der Waals surface area contributed by atoms with Gasteiger partial charge in [0.2, 0.25) is 0 Å². The second kappa shape index (κ2) is 21.1. The molecule has 0 saturated carbocycles. The average Bonchev–Trinajstić information content (AvgIpc) is 3.10. The van der Waals surface area contributed by atoms with Gasteiger partial charge in [0.05, 0.1) is 26.4 Å². The number of ether oxygens (including phenoxy) is 5. The molecule has 0 aliphatic carbocycles. The van der Waals surface area contributed by atoms with E-state index in [2.05, 4.69) is 0 Å². The van der Waals surface area contributed by atoms with Crippen molar-refractivity contribution in [3.8, 4) is 23.0 Å². The first-order valence-corrected chi connectivity index (χ1v) is 22.5. The van der Waals surface area contributed by atoms with Crippen LogP contribution in [0.3, 0.4) is 0 Å². The number of para-hydroxylation sites is 4. The first-order valence-electron chi connectivity index (χ1n) is 16.1. The zero-order valence-corrected chi connectivity index (χ0v) is 32.2. The van der Waals surface area contributed by atoms with Gasteiger partial charge in [-0.25, -0.2) is 0 Å². The molecule has 4 rings (SSSR count). The van der Waals surface area contributed by atoms with Gasteiger partial charge in [-0.15, -0.1) is 0 Å². The molecule has 54 heavy (non-hydrogen) atoms. The molecule has 0 unspecified atom stereocenters. The summed E-state index contributed by atoms with van der Waals surface area (Å²) in [6, 6.07) is 23.7. The molecule has 17 nitrogen and oxygen atoms in total. The smallest absolute Gasteiger partial charge is 0.359 e. The third-order valence-corrected chi connectivity index (χ3v) is 11.0. The predicted molar refractivity (Wildman–Crippen MR) is 199 cm³/mol. The molecule has 0 fully saturated rings. The molecular formula is C33H42O17P4. The van der Waals surface area contributed by atoms with Crippen molar-refractivity contribution >= 4 is 51.6 Å². The summed E-state index contributed by atoms with van der Waals surface area (Å²) >= 11 is 0. The van der Waals surface area contributed by atoms with Crippen molar-refractivity contribution in [3.63, 3.8) is 0 Å². The fraction of sp³-hybridized carbons (Fsp3) is 0.273. The Kier molecular flexibility index (Phi) is 17.6. The molecule has 0 atom stereocenters. The topological polar surface area (TPSA) is 276 Å². The minimum absolute atomic E-state index is 0.0656. The van der Waals surface area contributed by atoms with Crippen molar-refractivity contribution in [1.29, 1.82) is 0 Å². The van der Waals surface area contributed by atoms with E-state index in [1.54, 1.807) is 24.3 Å². The van der Waals surface area contributed by atoms with Crippen LogP contribution in [0.4, 0.5) is 0 Å². The highest BCUT2D eigenvalue weighted by Crippen LogP contribution is 2.39. The van der Waals surface area contributed by atoms with Crippen LogP contribution in [-0.4, -0.2) is 78.8 Å². The van der Waals surface area contributed by atoms with Crippen molar-refractivity contribution in [3.05, 3.63) is 97.1 Å². The molecule has 0 radical (unpaired) electrons. The highest BCUT2D eigenvalue weighted by atomic mass is 31.2. The Morgan fingerprint density at radius 3 is 0.833 bits per heavy atom. The lowest BCUT2D eigenvalue weighted by molar-refractivity contribution is 0.0768. The highest BCUT2D eigenvalue weighted by Gasteiger charge is 2.24. The van der Waals surface area contributed by atoms with Crippen LogP contribution in [-0.2, 0) is 23.0 Å². The summed E-state index contributed by atoms with van der Waals surface area (Å²) in [5.41, 5.74) is 0. The van der Waals surface area contributed by atoms with E-state index in [9.17, 15) is 57.4 Å². The minimum Gasteiger partial charge on any atom is -0.493 e. The van der Waals surface area contributed by atoms with E-state index < -0.39 is 30.4 Å². The van der Waals surface area contributed by atoms with Crippen LogP contribution in [0.2, 0.25) is 0 Å². The Morgan fingerprint density at radius 1 is 0.333 bits per heavy atom. The summed E-state index contributed by atoms with van der Waals surface area (Å²) in [5, 5.41) is -0.658. The lowest BCUT2D eigenvalue weighted by atomic mass is 10.2. The molecule has 0 spiro atoms. The molecule has 4 aromatic rings. The summed E-state index contributed by atoms with van der Waals surface area (Å²) < 4.78 is 72.4. The summed E-state index contributed by atoms with van der Waals surface area (Å²) in [5.74, 6) is 0.498. The Morgan fingerprint density at radius 2 is 0.574 bits per heavy atom. The maximum atomic E-state index is 11.4. The minimum atomic E-state index is -4.42. The summed E-state index contributed by atoms with van der Waals surface area (Å²) in [6.07, 6.45) is 1.99. The summed E-state index contributed by atoms with van der Waals surface area (Å²) in [6.45, 7) is 0.982. The molecule has 4 aromatic carbocycles. The van der Waals surface area contributed by atoms with E-state index in [-0.39, 0.29) is 83.9 Å². The van der Waals surface area contributed by atoms with Gasteiger partial charge in [0, 0.05) is 0 Å². The molecule has 296 valence electrons. The molecule has 21 heteroatoms. The molecule has 0 aliphatic rings. The van der Waals surface area contributed by atoms with Gasteiger partial charge in [0.15, 0.2) is 0 Å². The molecule has 0 aromatic heterocycles. The van der Waals surface area contributed by atoms with E-state index in [1.165, 1.54) is 72.8 Å². The first-order chi connectivity index (χ1) is 25.4. The number of benzene rings is 4. The van der Waals surface area contributed by atoms with Gasteiger partial charge in [-0.05, 0) is 67.8 Å². The van der Waals surface area contributed by atoms with Gasteiger partial charge in [-0.2, -0.15) is 0 Å². The molecular weight excluding hydrogens is 792 g/mol. The van der Waals surface area contributed by atoms with Crippen LogP contribution in [0.5, 0.6) is 23.0 Å². The monoisotopic (exact) mass is 834 g/mol. The summed E-state index contributed by atoms with van der Waals surface area (Å²) in [4.78, 5) is 74.2. The zero-order valence-electron chi connectivity index (χ0n) is 28.6. The van der Waals surface area contributed by atoms with Crippen molar-refractivity contribution in [2.45, 2.75) is 19.3 Å². The average molecular weight is 835 g/mol. The number of hydrogen-bond acceptors (Lipinski definition) is 9. The fourth-order valence-electron chi connectivity index (χ4n) is 4.55. The van der Waals surface area contributed by atoms with Gasteiger partial charge in [0.25, 0.3) is 0 Å². The number of unbranched alkanes of at least 4 members (excludes halogenated alkanes) is 2. The molecule has 0 saturated heterocycles. The van der Waals surface area contributed by atoms with E-state index in [0.29, 0.717) is 12.8 Å². The predicted octanol–water partition coefficient (Wildman–Crippen LogP) is 2.69. The normalized spacial score (nSPS) is 12.0. The van der Waals surface area contributed by atoms with Crippen LogP contribution < -0.4 is 40.2 Å². The standard InChI is InChI=1S/C17H22O8P2.C16H20O9P2/c18-26(19,20)16-10-4-2-8-14(16)24-12-6-1-7-13-25-15-9-3-5-11-17(15)27(21,22)23;17-26(18,19)15-7-3-1-5-13(15)24-11-9-23-10-12-25-14-6-2-4-8-16(14)27(20,21)22/h2-5,8-11H,1,6-7,12-13H2,(H2,18,19,20)(H2,21,22,23);1-8H,9-12H2,(H2,17,18,19)(H2,20,21,22). The number of rotatable bonds is 20. The third kappa shape index (κ3) is 15.4. The third-order valence-electron chi connectivity index (χ3n) is 6.99. The molecule has 0 heterocycles. The lowest BCUT2D eigenvalue weighted by Crippen LogP contribution is -2.17. The van der Waals surface area contributed by atoms with Crippen LogP contribution in [0.15, 0.2) is 97.1 Å². The van der Waals surface area contributed by atoms with Crippen LogP contribution in [0.1, 0.15) is 19.3 Å². The molecule has 0 amide bonds. The lowest BCUT2D eigenvalue weighted by Gasteiger charge is -2.13. The summed E-state index contributed by atoms with van der Waals surface area (Å²) in [7, 11) is -17.6. The Labute approximate surface area is 311 Å². The van der Waals surface area contributed by atoms with Crippen LogP contribution in [0, 0.1) is 0 Å². The van der Waals surface area contributed by atoms with Gasteiger partial charge in [0.1, 0.15) is 57.4 Å². The zero-order chi connectivity index (χ0) is 39.8. The Bertz CT molecular complexity index is 1690. The number of hydrogen-bond donors (Lipinski definition) is 8. The van der Waals surface area contributed by atoms with Crippen molar-refractivity contribution < 1.29 is 81.1 Å². The van der Waals surface area contributed by atoms with Crippen molar-refractivity contribution in [2.75, 3.05) is 39.6 Å². The van der Waals surface area contributed by atoms with E-state index >= 15 is 0 Å². The quantitative estimate of drug-likeness (QED) is 0.0469. The maximum absolute atomic E-state index is 11.4. The second-order valence-electron chi connectivity index (χ2n) is 11.1. The van der Waals surface area contributed by atoms with Crippen LogP contribution >= 0.6 is 30.4 Å². The fourth-order valence-corrected chi connectivity index (χ4v) is 7.37. The van der Waals surface area contributed by atoms with E-state index in [0.717, 1.165) is 6.42 Å². The largest absolute Gasteiger partial charge is 0.493 e. The van der Waals surface area contributed by atoms with E-state index in [4.69, 9.17) is 23.7 Å². The first kappa shape index (κ1) is 45.0. The molecule has 8 N–H and O–H groups in total. The Balaban J connectivity index is 0.000000290. The Hall–Kier alpha value is -3.36. The maximum Gasteiger partial charge on any atom is 0.359 e.